The summed E-state index contributed by atoms with van der Waals surface area (Å²) in [6.07, 6.45) is 10.7. The number of quaternary nitrogens is 1. The predicted molar refractivity (Wildman–Crippen MR) is 56.4 cm³/mol. The lowest BCUT2D eigenvalue weighted by molar-refractivity contribution is -0.442. The highest BCUT2D eigenvalue weighted by Crippen LogP contribution is 2.31. The Hall–Kier alpha value is -0.890. The van der Waals surface area contributed by atoms with Crippen molar-refractivity contribution in [3.63, 3.8) is 0 Å². The summed E-state index contributed by atoms with van der Waals surface area (Å²) in [5.74, 6) is 0.785. The van der Waals surface area contributed by atoms with Crippen LogP contribution in [-0.2, 0) is 0 Å². The smallest absolute Gasteiger partial charge is 0.114 e. The Balaban J connectivity index is 2.03. The number of rotatable bonds is 2. The monoisotopic (exact) mass is 191 g/mol. The summed E-state index contributed by atoms with van der Waals surface area (Å²) < 4.78 is 0. The molecule has 14 heavy (non-hydrogen) atoms. The largest absolute Gasteiger partial charge is 0.351 e. The molecule has 2 rings (SSSR count). The molecule has 1 aliphatic rings. The summed E-state index contributed by atoms with van der Waals surface area (Å²) in [7, 11) is 0. The average molecular weight is 191 g/mol. The molecule has 0 aliphatic heterocycles. The number of hydrogen-bond acceptors (Lipinski definition) is 1. The Labute approximate surface area is 85.5 Å². The quantitative estimate of drug-likeness (QED) is 0.762. The minimum Gasteiger partial charge on any atom is -0.351 e. The third-order valence-electron chi connectivity index (χ3n) is 3.33. The van der Waals surface area contributed by atoms with Crippen molar-refractivity contribution in [2.75, 3.05) is 0 Å². The van der Waals surface area contributed by atoms with E-state index in [0.717, 1.165) is 5.92 Å². The molecule has 1 heterocycles. The van der Waals surface area contributed by atoms with Crippen LogP contribution in [0.15, 0.2) is 24.5 Å². The maximum atomic E-state index is 4.29. The lowest BCUT2D eigenvalue weighted by Gasteiger charge is -2.24. The fourth-order valence-corrected chi connectivity index (χ4v) is 2.40. The van der Waals surface area contributed by atoms with Gasteiger partial charge in [-0.3, -0.25) is 4.98 Å². The standard InChI is InChI=1S/C12H18N2/c13-12(10-5-2-1-3-6-10)11-7-4-8-14-9-11/h4,7-10,12H,1-3,5-6,13H2/p+1. The van der Waals surface area contributed by atoms with Gasteiger partial charge in [-0.05, 0) is 18.9 Å². The summed E-state index contributed by atoms with van der Waals surface area (Å²) >= 11 is 0. The highest BCUT2D eigenvalue weighted by Gasteiger charge is 2.24. The topological polar surface area (TPSA) is 40.5 Å². The Morgan fingerprint density at radius 1 is 1.29 bits per heavy atom. The molecule has 1 aromatic heterocycles. The average Bonchev–Trinajstić information content (AvgIpc) is 2.30. The van der Waals surface area contributed by atoms with Crippen molar-refractivity contribution in [2.24, 2.45) is 5.92 Å². The molecule has 1 aliphatic carbocycles. The molecule has 1 aromatic rings. The lowest BCUT2D eigenvalue weighted by Crippen LogP contribution is -2.57. The van der Waals surface area contributed by atoms with Gasteiger partial charge in [-0.2, -0.15) is 0 Å². The van der Waals surface area contributed by atoms with Crippen LogP contribution in [-0.4, -0.2) is 4.98 Å². The number of pyridine rings is 1. The Morgan fingerprint density at radius 2 is 2.07 bits per heavy atom. The van der Waals surface area contributed by atoms with Gasteiger partial charge >= 0.3 is 0 Å². The molecular formula is C12H19N2+. The van der Waals surface area contributed by atoms with Crippen molar-refractivity contribution < 1.29 is 5.73 Å². The molecule has 0 bridgehead atoms. The minimum atomic E-state index is 0.448. The fourth-order valence-electron chi connectivity index (χ4n) is 2.40. The van der Waals surface area contributed by atoms with E-state index in [9.17, 15) is 0 Å². The molecule has 1 unspecified atom stereocenters. The van der Waals surface area contributed by atoms with Crippen molar-refractivity contribution in [2.45, 2.75) is 38.1 Å². The van der Waals surface area contributed by atoms with Crippen LogP contribution >= 0.6 is 0 Å². The molecule has 1 saturated carbocycles. The summed E-state index contributed by atoms with van der Waals surface area (Å²) in [5, 5.41) is 0. The highest BCUT2D eigenvalue weighted by molar-refractivity contribution is 5.12. The molecule has 0 amide bonds. The third-order valence-corrected chi connectivity index (χ3v) is 3.33. The van der Waals surface area contributed by atoms with Crippen LogP contribution < -0.4 is 5.73 Å². The molecule has 3 N–H and O–H groups in total. The first-order chi connectivity index (χ1) is 6.88. The molecule has 76 valence electrons. The molecule has 2 heteroatoms. The fraction of sp³-hybridized carbons (Fsp3) is 0.583. The van der Waals surface area contributed by atoms with Gasteiger partial charge in [0.1, 0.15) is 6.04 Å². The van der Waals surface area contributed by atoms with E-state index in [0.29, 0.717) is 6.04 Å². The maximum Gasteiger partial charge on any atom is 0.114 e. The molecule has 0 radical (unpaired) electrons. The Kier molecular flexibility index (Phi) is 3.14. The summed E-state index contributed by atoms with van der Waals surface area (Å²) in [4.78, 5) is 4.16. The number of nitrogens with zero attached hydrogens (tertiary/aromatic N) is 1. The van der Waals surface area contributed by atoms with E-state index in [4.69, 9.17) is 0 Å². The van der Waals surface area contributed by atoms with Gasteiger partial charge in [-0.15, -0.1) is 0 Å². The first kappa shape index (κ1) is 9.66. The first-order valence-electron chi connectivity index (χ1n) is 5.61. The van der Waals surface area contributed by atoms with E-state index >= 15 is 0 Å². The molecule has 0 aromatic carbocycles. The van der Waals surface area contributed by atoms with Crippen LogP contribution in [0.1, 0.15) is 43.7 Å². The van der Waals surface area contributed by atoms with E-state index in [1.807, 2.05) is 18.5 Å². The zero-order valence-corrected chi connectivity index (χ0v) is 8.65. The molecule has 2 nitrogen and oxygen atoms in total. The summed E-state index contributed by atoms with van der Waals surface area (Å²) in [6.45, 7) is 0. The minimum absolute atomic E-state index is 0.448. The van der Waals surface area contributed by atoms with E-state index in [-0.39, 0.29) is 0 Å². The van der Waals surface area contributed by atoms with E-state index in [2.05, 4.69) is 16.8 Å². The van der Waals surface area contributed by atoms with Crippen LogP contribution in [0.25, 0.3) is 0 Å². The van der Waals surface area contributed by atoms with Gasteiger partial charge in [-0.1, -0.05) is 25.3 Å². The van der Waals surface area contributed by atoms with E-state index < -0.39 is 0 Å². The van der Waals surface area contributed by atoms with Gasteiger partial charge in [0.05, 0.1) is 0 Å². The van der Waals surface area contributed by atoms with Crippen molar-refractivity contribution >= 4 is 0 Å². The molecule has 1 fully saturated rings. The number of aromatic nitrogens is 1. The Bertz CT molecular complexity index is 265. The number of hydrogen-bond donors (Lipinski definition) is 1. The van der Waals surface area contributed by atoms with Gasteiger partial charge in [0.2, 0.25) is 0 Å². The highest BCUT2D eigenvalue weighted by atomic mass is 14.7. The zero-order chi connectivity index (χ0) is 9.80. The van der Waals surface area contributed by atoms with E-state index in [1.54, 1.807) is 0 Å². The SMILES string of the molecule is [NH3+]C(c1cccnc1)C1CCCCC1. The second-order valence-electron chi connectivity index (χ2n) is 4.29. The molecular weight excluding hydrogens is 172 g/mol. The summed E-state index contributed by atoms with van der Waals surface area (Å²) in [5.41, 5.74) is 5.60. The summed E-state index contributed by atoms with van der Waals surface area (Å²) in [6, 6.07) is 4.61. The zero-order valence-electron chi connectivity index (χ0n) is 8.65. The van der Waals surface area contributed by atoms with Gasteiger partial charge in [-0.25, -0.2) is 0 Å². The lowest BCUT2D eigenvalue weighted by atomic mass is 9.82. The second kappa shape index (κ2) is 4.56. The Morgan fingerprint density at radius 3 is 2.71 bits per heavy atom. The van der Waals surface area contributed by atoms with Gasteiger partial charge in [0, 0.05) is 23.9 Å². The van der Waals surface area contributed by atoms with Crippen LogP contribution in [0.4, 0.5) is 0 Å². The van der Waals surface area contributed by atoms with Gasteiger partial charge in [0.15, 0.2) is 0 Å². The van der Waals surface area contributed by atoms with Gasteiger partial charge < -0.3 is 5.73 Å². The van der Waals surface area contributed by atoms with Crippen molar-refractivity contribution in [1.82, 2.24) is 4.98 Å². The molecule has 0 saturated heterocycles. The predicted octanol–water partition coefficient (Wildman–Crippen LogP) is 1.94. The maximum absolute atomic E-state index is 4.29. The van der Waals surface area contributed by atoms with Crippen LogP contribution in [0.5, 0.6) is 0 Å². The third kappa shape index (κ3) is 2.13. The first-order valence-corrected chi connectivity index (χ1v) is 5.61. The van der Waals surface area contributed by atoms with Gasteiger partial charge in [0.25, 0.3) is 0 Å². The normalized spacial score (nSPS) is 20.6. The second-order valence-corrected chi connectivity index (χ2v) is 4.29. The molecule has 1 atom stereocenters. The van der Waals surface area contributed by atoms with Crippen molar-refractivity contribution in [1.29, 1.82) is 0 Å². The van der Waals surface area contributed by atoms with Crippen LogP contribution in [0.3, 0.4) is 0 Å². The van der Waals surface area contributed by atoms with Crippen LogP contribution in [0, 0.1) is 5.92 Å². The van der Waals surface area contributed by atoms with Crippen molar-refractivity contribution in [3.05, 3.63) is 30.1 Å². The van der Waals surface area contributed by atoms with Crippen LogP contribution in [0.2, 0.25) is 0 Å². The molecule has 0 spiro atoms. The van der Waals surface area contributed by atoms with E-state index in [1.165, 1.54) is 37.7 Å². The van der Waals surface area contributed by atoms with Crippen molar-refractivity contribution in [3.8, 4) is 0 Å².